The van der Waals surface area contributed by atoms with E-state index in [1.165, 1.54) is 0 Å². The number of piperidine rings is 1. The molecule has 144 valence electrons. The molecule has 6 heteroatoms. The quantitative estimate of drug-likeness (QED) is 0.705. The lowest BCUT2D eigenvalue weighted by atomic mass is 9.83. The molecule has 2 aromatic heterocycles. The SMILES string of the molecule is COc1cccc2c1ccn2CC(=O)N1CC2CC(C1)c1cccc(=O)n1C2. The second-order valence-electron chi connectivity index (χ2n) is 7.83. The van der Waals surface area contributed by atoms with E-state index in [0.717, 1.165) is 35.3 Å². The number of pyridine rings is 1. The molecule has 0 spiro atoms. The van der Waals surface area contributed by atoms with Crippen LogP contribution in [0.25, 0.3) is 10.9 Å². The van der Waals surface area contributed by atoms with Gasteiger partial charge in [-0.05, 0) is 36.6 Å². The van der Waals surface area contributed by atoms with Crippen LogP contribution in [0.3, 0.4) is 0 Å². The lowest BCUT2D eigenvalue weighted by molar-refractivity contribution is -0.134. The third-order valence-electron chi connectivity index (χ3n) is 6.13. The number of aromatic nitrogens is 2. The molecule has 28 heavy (non-hydrogen) atoms. The molecule has 1 amide bonds. The van der Waals surface area contributed by atoms with Gasteiger partial charge in [0.2, 0.25) is 5.91 Å². The average Bonchev–Trinajstić information content (AvgIpc) is 3.11. The van der Waals surface area contributed by atoms with Crippen LogP contribution >= 0.6 is 0 Å². The summed E-state index contributed by atoms with van der Waals surface area (Å²) in [5, 5.41) is 1.02. The Morgan fingerprint density at radius 2 is 1.96 bits per heavy atom. The molecule has 5 rings (SSSR count). The molecule has 2 aliphatic rings. The Bertz CT molecular complexity index is 1110. The zero-order chi connectivity index (χ0) is 19.3. The zero-order valence-corrected chi connectivity index (χ0v) is 15.9. The fraction of sp³-hybridized carbons (Fsp3) is 0.364. The largest absolute Gasteiger partial charge is 0.496 e. The number of fused-ring (bicyclic) bond motifs is 5. The summed E-state index contributed by atoms with van der Waals surface area (Å²) in [4.78, 5) is 27.2. The van der Waals surface area contributed by atoms with Gasteiger partial charge < -0.3 is 18.8 Å². The molecule has 0 radical (unpaired) electrons. The fourth-order valence-electron chi connectivity index (χ4n) is 4.86. The van der Waals surface area contributed by atoms with Crippen molar-refractivity contribution in [3.63, 3.8) is 0 Å². The van der Waals surface area contributed by atoms with E-state index in [-0.39, 0.29) is 17.4 Å². The van der Waals surface area contributed by atoms with Crippen LogP contribution in [0.1, 0.15) is 18.0 Å². The summed E-state index contributed by atoms with van der Waals surface area (Å²) < 4.78 is 9.30. The number of hydrogen-bond donors (Lipinski definition) is 0. The molecule has 3 aromatic rings. The molecule has 6 nitrogen and oxygen atoms in total. The third kappa shape index (κ3) is 2.71. The van der Waals surface area contributed by atoms with Crippen LogP contribution in [-0.4, -0.2) is 40.1 Å². The van der Waals surface area contributed by atoms with Crippen molar-refractivity contribution >= 4 is 16.8 Å². The number of nitrogens with zero attached hydrogens (tertiary/aromatic N) is 3. The number of benzene rings is 1. The van der Waals surface area contributed by atoms with E-state index in [9.17, 15) is 9.59 Å². The minimum absolute atomic E-state index is 0.0692. The van der Waals surface area contributed by atoms with Crippen LogP contribution in [0, 0.1) is 5.92 Å². The van der Waals surface area contributed by atoms with E-state index in [1.54, 1.807) is 13.2 Å². The first-order chi connectivity index (χ1) is 13.6. The van der Waals surface area contributed by atoms with Gasteiger partial charge in [0.25, 0.3) is 5.56 Å². The highest BCUT2D eigenvalue weighted by Crippen LogP contribution is 2.35. The summed E-state index contributed by atoms with van der Waals surface area (Å²) in [6, 6.07) is 13.4. The van der Waals surface area contributed by atoms with Crippen molar-refractivity contribution < 1.29 is 9.53 Å². The third-order valence-corrected chi connectivity index (χ3v) is 6.13. The smallest absolute Gasteiger partial charge is 0.250 e. The van der Waals surface area contributed by atoms with Gasteiger partial charge >= 0.3 is 0 Å². The Hall–Kier alpha value is -3.02. The van der Waals surface area contributed by atoms with Crippen LogP contribution in [0.4, 0.5) is 0 Å². The van der Waals surface area contributed by atoms with Gasteiger partial charge in [0.05, 0.1) is 12.6 Å². The lowest BCUT2D eigenvalue weighted by Crippen LogP contribution is -2.49. The Morgan fingerprint density at radius 3 is 2.82 bits per heavy atom. The molecule has 1 saturated heterocycles. The minimum Gasteiger partial charge on any atom is -0.496 e. The molecular formula is C22H23N3O3. The minimum atomic E-state index is 0.0692. The van der Waals surface area contributed by atoms with Crippen molar-refractivity contribution in [2.75, 3.05) is 20.2 Å². The number of likely N-dealkylation sites (tertiary alicyclic amines) is 1. The van der Waals surface area contributed by atoms with Crippen molar-refractivity contribution in [1.82, 2.24) is 14.0 Å². The monoisotopic (exact) mass is 377 g/mol. The maximum absolute atomic E-state index is 13.1. The van der Waals surface area contributed by atoms with E-state index in [4.69, 9.17) is 4.74 Å². The highest BCUT2D eigenvalue weighted by atomic mass is 16.5. The van der Waals surface area contributed by atoms with Crippen molar-refractivity contribution in [3.8, 4) is 5.75 Å². The topological polar surface area (TPSA) is 56.5 Å². The van der Waals surface area contributed by atoms with Crippen molar-refractivity contribution in [1.29, 1.82) is 0 Å². The summed E-state index contributed by atoms with van der Waals surface area (Å²) in [6.45, 7) is 2.43. The molecule has 0 saturated carbocycles. The van der Waals surface area contributed by atoms with E-state index < -0.39 is 0 Å². The van der Waals surface area contributed by atoms with Gasteiger partial charge in [-0.1, -0.05) is 12.1 Å². The standard InChI is InChI=1S/C22H23N3O3/c1-28-20-6-2-5-19-17(20)8-9-23(19)14-22(27)24-11-15-10-16(13-24)18-4-3-7-21(26)25(18)12-15/h2-9,15-16H,10-14H2,1H3. The molecule has 2 unspecified atom stereocenters. The molecule has 0 aliphatic carbocycles. The summed E-state index contributed by atoms with van der Waals surface area (Å²) in [6.07, 6.45) is 3.00. The zero-order valence-electron chi connectivity index (χ0n) is 15.9. The number of amides is 1. The Labute approximate surface area is 162 Å². The van der Waals surface area contributed by atoms with Crippen molar-refractivity contribution in [2.45, 2.75) is 25.4 Å². The average molecular weight is 377 g/mol. The predicted molar refractivity (Wildman–Crippen MR) is 107 cm³/mol. The van der Waals surface area contributed by atoms with E-state index in [1.807, 2.05) is 56.6 Å². The number of carbonyl (C=O) groups excluding carboxylic acids is 1. The van der Waals surface area contributed by atoms with Crippen LogP contribution in [0.15, 0.2) is 53.5 Å². The summed E-state index contributed by atoms with van der Waals surface area (Å²) in [5.74, 6) is 1.53. The van der Waals surface area contributed by atoms with Gasteiger partial charge in [-0.25, -0.2) is 0 Å². The lowest BCUT2D eigenvalue weighted by Gasteiger charge is -2.42. The summed E-state index contributed by atoms with van der Waals surface area (Å²) in [5.41, 5.74) is 2.14. The van der Waals surface area contributed by atoms with Crippen LogP contribution < -0.4 is 10.3 Å². The molecule has 2 bridgehead atoms. The first kappa shape index (κ1) is 17.1. The maximum atomic E-state index is 13.1. The van der Waals surface area contributed by atoms with Gasteiger partial charge in [0.1, 0.15) is 12.3 Å². The highest BCUT2D eigenvalue weighted by molar-refractivity contribution is 5.88. The summed E-state index contributed by atoms with van der Waals surface area (Å²) in [7, 11) is 1.66. The molecule has 1 aromatic carbocycles. The van der Waals surface area contributed by atoms with Crippen LogP contribution in [0.2, 0.25) is 0 Å². The van der Waals surface area contributed by atoms with E-state index >= 15 is 0 Å². The molecule has 0 N–H and O–H groups in total. The molecule has 1 fully saturated rings. The molecule has 2 atom stereocenters. The first-order valence-corrected chi connectivity index (χ1v) is 9.73. The van der Waals surface area contributed by atoms with Crippen molar-refractivity contribution in [3.05, 3.63) is 64.7 Å². The molecular weight excluding hydrogens is 354 g/mol. The maximum Gasteiger partial charge on any atom is 0.250 e. The number of hydrogen-bond acceptors (Lipinski definition) is 3. The fourth-order valence-corrected chi connectivity index (χ4v) is 4.86. The van der Waals surface area contributed by atoms with Gasteiger partial charge in [-0.3, -0.25) is 9.59 Å². The molecule has 4 heterocycles. The van der Waals surface area contributed by atoms with E-state index in [2.05, 4.69) is 0 Å². The van der Waals surface area contributed by atoms with Gasteiger partial charge in [0, 0.05) is 48.9 Å². The number of methoxy groups -OCH3 is 1. The number of carbonyl (C=O) groups is 1. The normalized spacial score (nSPS) is 20.8. The first-order valence-electron chi connectivity index (χ1n) is 9.73. The predicted octanol–water partition coefficient (Wildman–Crippen LogP) is 2.46. The van der Waals surface area contributed by atoms with Gasteiger partial charge in [-0.2, -0.15) is 0 Å². The number of rotatable bonds is 3. The second kappa shape index (κ2) is 6.55. The second-order valence-corrected chi connectivity index (χ2v) is 7.83. The van der Waals surface area contributed by atoms with Gasteiger partial charge in [-0.15, -0.1) is 0 Å². The highest BCUT2D eigenvalue weighted by Gasteiger charge is 2.36. The van der Waals surface area contributed by atoms with Crippen molar-refractivity contribution in [2.24, 2.45) is 5.92 Å². The van der Waals surface area contributed by atoms with Gasteiger partial charge in [0.15, 0.2) is 0 Å². The molecule has 2 aliphatic heterocycles. The Balaban J connectivity index is 1.38. The Kier molecular flexibility index (Phi) is 4.00. The van der Waals surface area contributed by atoms with Crippen LogP contribution in [0.5, 0.6) is 5.75 Å². The summed E-state index contributed by atoms with van der Waals surface area (Å²) >= 11 is 0. The van der Waals surface area contributed by atoms with E-state index in [0.29, 0.717) is 25.6 Å². The van der Waals surface area contributed by atoms with Crippen LogP contribution in [-0.2, 0) is 17.9 Å². The Morgan fingerprint density at radius 1 is 1.11 bits per heavy atom. The number of ether oxygens (including phenoxy) is 1.